The van der Waals surface area contributed by atoms with Crippen LogP contribution in [0, 0.1) is 0 Å². The van der Waals surface area contributed by atoms with E-state index in [1.54, 1.807) is 0 Å². The number of rotatable bonds is 6. The lowest BCUT2D eigenvalue weighted by Gasteiger charge is -2.36. The van der Waals surface area contributed by atoms with Crippen molar-refractivity contribution in [2.24, 2.45) is 0 Å². The lowest BCUT2D eigenvalue weighted by Crippen LogP contribution is -2.41. The fourth-order valence-electron chi connectivity index (χ4n) is 0.971. The molecule has 0 aromatic rings. The number of halogens is 3. The van der Waals surface area contributed by atoms with Gasteiger partial charge in [-0.05, 0) is 31.1 Å². The molecule has 0 unspecified atom stereocenters. The second kappa shape index (κ2) is 6.20. The molecule has 0 rings (SSSR count). The zero-order valence-electron chi connectivity index (χ0n) is 11.4. The largest absolute Gasteiger partial charge is 0.417 e. The van der Waals surface area contributed by atoms with Crippen LogP contribution in [0.3, 0.4) is 0 Å². The molecule has 0 amide bonds. The van der Waals surface area contributed by atoms with E-state index < -0.39 is 21.0 Å². The summed E-state index contributed by atoms with van der Waals surface area (Å²) in [6.45, 7) is 10.6. The van der Waals surface area contributed by atoms with Crippen molar-refractivity contribution >= 4 is 8.32 Å². The monoisotopic (exact) mass is 271 g/mol. The Bertz CT molecular complexity index is 224. The maximum Gasteiger partial charge on any atom is 0.401 e. The molecule has 0 aliphatic rings. The van der Waals surface area contributed by atoms with Gasteiger partial charge < -0.3 is 9.74 Å². The van der Waals surface area contributed by atoms with Crippen molar-refractivity contribution in [1.82, 2.24) is 5.32 Å². The molecule has 0 aliphatic carbocycles. The van der Waals surface area contributed by atoms with E-state index in [2.05, 4.69) is 39.2 Å². The van der Waals surface area contributed by atoms with Crippen molar-refractivity contribution in [3.05, 3.63) is 0 Å². The summed E-state index contributed by atoms with van der Waals surface area (Å²) in [6, 6.07) is 0. The van der Waals surface area contributed by atoms with Crippen molar-refractivity contribution in [3.63, 3.8) is 0 Å². The van der Waals surface area contributed by atoms with Gasteiger partial charge in [-0.15, -0.1) is 0 Å². The first kappa shape index (κ1) is 16.9. The van der Waals surface area contributed by atoms with Crippen LogP contribution < -0.4 is 5.32 Å². The van der Waals surface area contributed by atoms with E-state index in [9.17, 15) is 13.2 Å². The van der Waals surface area contributed by atoms with Crippen molar-refractivity contribution < 1.29 is 17.6 Å². The fourth-order valence-corrected chi connectivity index (χ4v) is 2.06. The molecule has 0 atom stereocenters. The van der Waals surface area contributed by atoms with Crippen LogP contribution in [0.2, 0.25) is 18.1 Å². The summed E-state index contributed by atoms with van der Waals surface area (Å²) >= 11 is 0. The van der Waals surface area contributed by atoms with Gasteiger partial charge in [0.15, 0.2) is 8.32 Å². The summed E-state index contributed by atoms with van der Waals surface area (Å²) < 4.78 is 41.3. The van der Waals surface area contributed by atoms with Crippen LogP contribution in [-0.4, -0.2) is 34.2 Å². The third-order valence-electron chi connectivity index (χ3n) is 3.09. The van der Waals surface area contributed by atoms with E-state index >= 15 is 0 Å². The molecule has 1 N–H and O–H groups in total. The van der Waals surface area contributed by atoms with Crippen LogP contribution >= 0.6 is 0 Å². The quantitative estimate of drug-likeness (QED) is 0.589. The van der Waals surface area contributed by atoms with Gasteiger partial charge in [-0.2, -0.15) is 13.2 Å². The second-order valence-corrected chi connectivity index (χ2v) is 10.6. The van der Waals surface area contributed by atoms with E-state index in [1.807, 2.05) is 0 Å². The smallest absolute Gasteiger partial charge is 0.401 e. The highest BCUT2D eigenvalue weighted by molar-refractivity contribution is 6.74. The zero-order valence-corrected chi connectivity index (χ0v) is 12.4. The lowest BCUT2D eigenvalue weighted by atomic mass is 10.2. The summed E-state index contributed by atoms with van der Waals surface area (Å²) in [7, 11) is -1.75. The van der Waals surface area contributed by atoms with Gasteiger partial charge in [0, 0.05) is 6.61 Å². The molecule has 0 aromatic carbocycles. The van der Waals surface area contributed by atoms with E-state index in [0.29, 0.717) is 19.6 Å². The fraction of sp³-hybridized carbons (Fsp3) is 1.00. The summed E-state index contributed by atoms with van der Waals surface area (Å²) in [4.78, 5) is 0. The Morgan fingerprint density at radius 1 is 1.12 bits per heavy atom. The molecule has 2 nitrogen and oxygen atoms in total. The van der Waals surface area contributed by atoms with Crippen LogP contribution in [0.15, 0.2) is 0 Å². The Kier molecular flexibility index (Phi) is 6.17. The maximum atomic E-state index is 11.8. The third kappa shape index (κ3) is 7.78. The van der Waals surface area contributed by atoms with E-state index in [4.69, 9.17) is 4.43 Å². The Labute approximate surface area is 103 Å². The normalized spacial score (nSPS) is 14.1. The molecular formula is C11H24F3NOSi. The predicted octanol–water partition coefficient (Wildman–Crippen LogP) is 3.55. The molecule has 0 aliphatic heterocycles. The van der Waals surface area contributed by atoms with Crippen LogP contribution in [0.25, 0.3) is 0 Å². The van der Waals surface area contributed by atoms with Gasteiger partial charge in [0.2, 0.25) is 0 Å². The summed E-state index contributed by atoms with van der Waals surface area (Å²) in [5.74, 6) is 0. The second-order valence-electron chi connectivity index (χ2n) is 5.75. The molecule has 0 saturated carbocycles. The molecule has 6 heteroatoms. The first-order chi connectivity index (χ1) is 7.46. The van der Waals surface area contributed by atoms with Crippen LogP contribution in [0.1, 0.15) is 27.2 Å². The van der Waals surface area contributed by atoms with E-state index in [-0.39, 0.29) is 5.04 Å². The van der Waals surface area contributed by atoms with Crippen LogP contribution in [-0.2, 0) is 4.43 Å². The highest BCUT2D eigenvalue weighted by Gasteiger charge is 2.36. The summed E-state index contributed by atoms with van der Waals surface area (Å²) in [5.41, 5.74) is 0. The SMILES string of the molecule is CC(C)(C)[Si](C)(C)OCCCNCC(F)(F)F. The minimum Gasteiger partial charge on any atom is -0.417 e. The third-order valence-corrected chi connectivity index (χ3v) is 7.63. The molecule has 0 bridgehead atoms. The van der Waals surface area contributed by atoms with Gasteiger partial charge in [-0.3, -0.25) is 0 Å². The van der Waals surface area contributed by atoms with Gasteiger partial charge >= 0.3 is 6.18 Å². The van der Waals surface area contributed by atoms with Gasteiger partial charge in [0.05, 0.1) is 6.54 Å². The van der Waals surface area contributed by atoms with Crippen molar-refractivity contribution in [1.29, 1.82) is 0 Å². The number of alkyl halides is 3. The number of hydrogen-bond acceptors (Lipinski definition) is 2. The summed E-state index contributed by atoms with van der Waals surface area (Å²) in [5, 5.41) is 2.51. The van der Waals surface area contributed by atoms with Gasteiger partial charge in [-0.1, -0.05) is 20.8 Å². The standard InChI is InChI=1S/C11H24F3NOSi/c1-10(2,3)17(4,5)16-8-6-7-15-9-11(12,13)14/h15H,6-9H2,1-5H3. The van der Waals surface area contributed by atoms with Crippen molar-refractivity contribution in [2.45, 2.75) is 51.5 Å². The molecule has 0 saturated heterocycles. The molecule has 0 heterocycles. The Morgan fingerprint density at radius 2 is 1.65 bits per heavy atom. The predicted molar refractivity (Wildman–Crippen MR) is 66.7 cm³/mol. The van der Waals surface area contributed by atoms with Crippen molar-refractivity contribution in [3.8, 4) is 0 Å². The van der Waals surface area contributed by atoms with Gasteiger partial charge in [0.1, 0.15) is 0 Å². The van der Waals surface area contributed by atoms with Crippen LogP contribution in [0.5, 0.6) is 0 Å². The molecule has 0 aromatic heterocycles. The Morgan fingerprint density at radius 3 is 2.06 bits per heavy atom. The molecular weight excluding hydrogens is 247 g/mol. The van der Waals surface area contributed by atoms with E-state index in [1.165, 1.54) is 0 Å². The minimum absolute atomic E-state index is 0.145. The molecule has 0 spiro atoms. The minimum atomic E-state index is -4.12. The number of nitrogens with one attached hydrogen (secondary N) is 1. The first-order valence-corrected chi connectivity index (χ1v) is 8.78. The average molecular weight is 271 g/mol. The molecule has 0 radical (unpaired) electrons. The summed E-state index contributed by atoms with van der Waals surface area (Å²) in [6.07, 6.45) is -3.51. The van der Waals surface area contributed by atoms with Gasteiger partial charge in [-0.25, -0.2) is 0 Å². The topological polar surface area (TPSA) is 21.3 Å². The van der Waals surface area contributed by atoms with Gasteiger partial charge in [0.25, 0.3) is 0 Å². The van der Waals surface area contributed by atoms with E-state index in [0.717, 1.165) is 0 Å². The highest BCUT2D eigenvalue weighted by atomic mass is 28.4. The Hall–Kier alpha value is -0.0731. The molecule has 0 fully saturated rings. The number of hydrogen-bond donors (Lipinski definition) is 1. The molecule has 104 valence electrons. The highest BCUT2D eigenvalue weighted by Crippen LogP contribution is 2.36. The van der Waals surface area contributed by atoms with Crippen molar-refractivity contribution in [2.75, 3.05) is 19.7 Å². The maximum absolute atomic E-state index is 11.8. The first-order valence-electron chi connectivity index (χ1n) is 5.87. The van der Waals surface area contributed by atoms with Crippen LogP contribution in [0.4, 0.5) is 13.2 Å². The Balaban J connectivity index is 3.66. The lowest BCUT2D eigenvalue weighted by molar-refractivity contribution is -0.124. The zero-order chi connectivity index (χ0) is 13.7. The molecule has 17 heavy (non-hydrogen) atoms. The average Bonchev–Trinajstić information content (AvgIpc) is 2.07.